The van der Waals surface area contributed by atoms with E-state index in [-0.39, 0.29) is 22.3 Å². The monoisotopic (exact) mass is 202 g/mol. The van der Waals surface area contributed by atoms with Gasteiger partial charge in [-0.05, 0) is 0 Å². The number of amides is 2. The Morgan fingerprint density at radius 1 is 1.69 bits per heavy atom. The van der Waals surface area contributed by atoms with Crippen LogP contribution in [-0.2, 0) is 9.59 Å². The van der Waals surface area contributed by atoms with Crippen molar-refractivity contribution >= 4 is 23.6 Å². The Hall–Kier alpha value is -0.550. The minimum atomic E-state index is -0.212. The van der Waals surface area contributed by atoms with Gasteiger partial charge in [-0.25, -0.2) is 0 Å². The summed E-state index contributed by atoms with van der Waals surface area (Å²) in [5.41, 5.74) is 5.43. The largest absolute Gasteiger partial charge is 0.329 e. The van der Waals surface area contributed by atoms with Gasteiger partial charge in [0.2, 0.25) is 11.8 Å². The van der Waals surface area contributed by atoms with Gasteiger partial charge in [-0.3, -0.25) is 14.5 Å². The topological polar surface area (TPSA) is 63.4 Å². The number of hydrogen-bond donors (Lipinski definition) is 1. The summed E-state index contributed by atoms with van der Waals surface area (Å²) in [5, 5.41) is 0.0179. The van der Waals surface area contributed by atoms with Crippen LogP contribution in [0.3, 0.4) is 0 Å². The zero-order chi connectivity index (χ0) is 10.0. The average Bonchev–Trinajstić information content (AvgIpc) is 2.34. The highest BCUT2D eigenvalue weighted by Gasteiger charge is 2.36. The molecule has 0 aromatic heterocycles. The van der Waals surface area contributed by atoms with Gasteiger partial charge >= 0.3 is 0 Å². The third-order valence-electron chi connectivity index (χ3n) is 2.07. The van der Waals surface area contributed by atoms with E-state index in [2.05, 4.69) is 0 Å². The first-order valence-corrected chi connectivity index (χ1v) is 5.16. The van der Waals surface area contributed by atoms with Gasteiger partial charge in [-0.15, -0.1) is 11.8 Å². The van der Waals surface area contributed by atoms with Crippen LogP contribution in [0.25, 0.3) is 0 Å². The molecule has 74 valence electrons. The molecule has 0 bridgehead atoms. The molecule has 5 heteroatoms. The first-order valence-electron chi connectivity index (χ1n) is 4.22. The fourth-order valence-corrected chi connectivity index (χ4v) is 2.35. The molecule has 1 aliphatic rings. The summed E-state index contributed by atoms with van der Waals surface area (Å²) in [6, 6.07) is 0. The van der Waals surface area contributed by atoms with Crippen molar-refractivity contribution in [3.05, 3.63) is 0 Å². The Balaban J connectivity index is 2.54. The van der Waals surface area contributed by atoms with Gasteiger partial charge in [0, 0.05) is 25.3 Å². The van der Waals surface area contributed by atoms with Crippen LogP contribution in [-0.4, -0.2) is 40.8 Å². The van der Waals surface area contributed by atoms with Crippen LogP contribution in [0, 0.1) is 0 Å². The van der Waals surface area contributed by atoms with Crippen LogP contribution in [0.15, 0.2) is 0 Å². The Morgan fingerprint density at radius 3 is 2.69 bits per heavy atom. The fourth-order valence-electron chi connectivity index (χ4n) is 1.16. The summed E-state index contributed by atoms with van der Waals surface area (Å²) in [5.74, 6) is -0.179. The van der Waals surface area contributed by atoms with Gasteiger partial charge in [0.15, 0.2) is 0 Å². The van der Waals surface area contributed by atoms with Crippen LogP contribution in [0.2, 0.25) is 0 Å². The molecular formula is C8H14N2O2S. The van der Waals surface area contributed by atoms with Crippen LogP contribution >= 0.6 is 11.8 Å². The maximum Gasteiger partial charge on any atom is 0.242 e. The van der Waals surface area contributed by atoms with Crippen LogP contribution in [0.5, 0.6) is 0 Å². The van der Waals surface area contributed by atoms with E-state index in [0.717, 1.165) is 0 Å². The van der Waals surface area contributed by atoms with Crippen molar-refractivity contribution in [1.29, 1.82) is 0 Å². The Labute approximate surface area is 81.8 Å². The molecule has 0 saturated carbocycles. The number of likely N-dealkylation sites (tertiary alicyclic amines) is 1. The Kier molecular flexibility index (Phi) is 3.33. The molecule has 2 atom stereocenters. The second-order valence-corrected chi connectivity index (χ2v) is 4.81. The summed E-state index contributed by atoms with van der Waals surface area (Å²) in [7, 11) is 1.53. The lowest BCUT2D eigenvalue weighted by atomic mass is 10.3. The number of carbonyl (C=O) groups is 2. The first kappa shape index (κ1) is 10.5. The number of carbonyl (C=O) groups excluding carboxylic acids is 2. The van der Waals surface area contributed by atoms with Gasteiger partial charge in [0.1, 0.15) is 0 Å². The molecule has 0 aromatic carbocycles. The minimum absolute atomic E-state index is 0.0877. The number of hydrogen-bond acceptors (Lipinski definition) is 4. The summed E-state index contributed by atoms with van der Waals surface area (Å²) >= 11 is 1.49. The number of thioether (sulfide) groups is 1. The molecule has 1 fully saturated rings. The second kappa shape index (κ2) is 4.11. The van der Waals surface area contributed by atoms with E-state index in [1.165, 1.54) is 23.7 Å². The zero-order valence-electron chi connectivity index (χ0n) is 7.82. The highest BCUT2D eigenvalue weighted by atomic mass is 32.2. The normalized spacial score (nSPS) is 25.5. The molecule has 0 aliphatic carbocycles. The molecule has 13 heavy (non-hydrogen) atoms. The molecule has 1 saturated heterocycles. The van der Waals surface area contributed by atoms with Crippen molar-refractivity contribution < 1.29 is 9.59 Å². The van der Waals surface area contributed by atoms with Crippen LogP contribution in [0.1, 0.15) is 13.3 Å². The predicted octanol–water partition coefficient (Wildman–Crippen LogP) is -0.176. The number of rotatable bonds is 3. The van der Waals surface area contributed by atoms with Gasteiger partial charge < -0.3 is 5.73 Å². The molecule has 2 amide bonds. The van der Waals surface area contributed by atoms with Crippen LogP contribution in [0.4, 0.5) is 0 Å². The summed E-state index contributed by atoms with van der Waals surface area (Å²) in [6.07, 6.45) is 0.324. The third-order valence-corrected chi connectivity index (χ3v) is 3.42. The molecular weight excluding hydrogens is 188 g/mol. The molecule has 0 aromatic rings. The quantitative estimate of drug-likeness (QED) is 0.645. The Bertz CT molecular complexity index is 232. The van der Waals surface area contributed by atoms with E-state index in [9.17, 15) is 9.59 Å². The second-order valence-electron chi connectivity index (χ2n) is 3.17. The molecule has 1 aliphatic heterocycles. The van der Waals surface area contributed by atoms with E-state index < -0.39 is 0 Å². The fraction of sp³-hybridized carbons (Fsp3) is 0.750. The Morgan fingerprint density at radius 2 is 2.31 bits per heavy atom. The van der Waals surface area contributed by atoms with Crippen molar-refractivity contribution in [3.8, 4) is 0 Å². The van der Waals surface area contributed by atoms with Crippen molar-refractivity contribution in [2.75, 3.05) is 13.6 Å². The average molecular weight is 202 g/mol. The van der Waals surface area contributed by atoms with Crippen LogP contribution < -0.4 is 5.73 Å². The number of nitrogens with zero attached hydrogens (tertiary/aromatic N) is 1. The SMILES string of the molecule is CC(CN)SC1CC(=O)N(C)C1=O. The highest BCUT2D eigenvalue weighted by molar-refractivity contribution is 8.01. The van der Waals surface area contributed by atoms with E-state index in [1.807, 2.05) is 6.92 Å². The summed E-state index contributed by atoms with van der Waals surface area (Å²) < 4.78 is 0. The summed E-state index contributed by atoms with van der Waals surface area (Å²) in [4.78, 5) is 23.7. The van der Waals surface area contributed by atoms with E-state index in [0.29, 0.717) is 13.0 Å². The molecule has 1 heterocycles. The molecule has 0 spiro atoms. The lowest BCUT2D eigenvalue weighted by Gasteiger charge is -2.12. The van der Waals surface area contributed by atoms with Crippen molar-refractivity contribution in [1.82, 2.24) is 4.90 Å². The maximum atomic E-state index is 11.4. The molecule has 4 nitrogen and oxygen atoms in total. The van der Waals surface area contributed by atoms with Gasteiger partial charge in [-0.2, -0.15) is 0 Å². The first-order chi connectivity index (χ1) is 6.06. The van der Waals surface area contributed by atoms with E-state index in [1.54, 1.807) is 0 Å². The lowest BCUT2D eigenvalue weighted by Crippen LogP contribution is -2.28. The van der Waals surface area contributed by atoms with Gasteiger partial charge in [0.05, 0.1) is 5.25 Å². The molecule has 2 N–H and O–H groups in total. The highest BCUT2D eigenvalue weighted by Crippen LogP contribution is 2.26. The molecule has 2 unspecified atom stereocenters. The third kappa shape index (κ3) is 2.22. The van der Waals surface area contributed by atoms with Gasteiger partial charge in [0.25, 0.3) is 0 Å². The van der Waals surface area contributed by atoms with E-state index in [4.69, 9.17) is 5.73 Å². The standard InChI is InChI=1S/C8H14N2O2S/c1-5(4-9)13-6-3-7(11)10(2)8(6)12/h5-6H,3-4,9H2,1-2H3. The number of nitrogens with two attached hydrogens (primary N) is 1. The molecule has 1 rings (SSSR count). The smallest absolute Gasteiger partial charge is 0.242 e. The van der Waals surface area contributed by atoms with E-state index >= 15 is 0 Å². The lowest BCUT2D eigenvalue weighted by molar-refractivity contribution is -0.136. The van der Waals surface area contributed by atoms with Crippen molar-refractivity contribution in [3.63, 3.8) is 0 Å². The minimum Gasteiger partial charge on any atom is -0.329 e. The maximum absolute atomic E-state index is 11.4. The van der Waals surface area contributed by atoms with Crippen molar-refractivity contribution in [2.24, 2.45) is 5.73 Å². The zero-order valence-corrected chi connectivity index (χ0v) is 8.63. The van der Waals surface area contributed by atoms with Crippen molar-refractivity contribution in [2.45, 2.75) is 23.8 Å². The molecule has 0 radical (unpaired) electrons. The number of imide groups is 1. The predicted molar refractivity (Wildman–Crippen MR) is 52.3 cm³/mol. The summed E-state index contributed by atoms with van der Waals surface area (Å²) in [6.45, 7) is 2.49. The van der Waals surface area contributed by atoms with Gasteiger partial charge in [-0.1, -0.05) is 6.92 Å².